The Kier molecular flexibility index (Phi) is 1.53. The van der Waals surface area contributed by atoms with E-state index >= 15 is 0 Å². The monoisotopic (exact) mass is 169 g/mol. The van der Waals surface area contributed by atoms with Gasteiger partial charge in [-0.2, -0.15) is 4.98 Å². The largest absolute Gasteiger partial charge is 0.339 e. The van der Waals surface area contributed by atoms with Crippen molar-refractivity contribution in [3.63, 3.8) is 0 Å². The summed E-state index contributed by atoms with van der Waals surface area (Å²) in [7, 11) is 0. The van der Waals surface area contributed by atoms with E-state index in [0.717, 1.165) is 25.9 Å². The van der Waals surface area contributed by atoms with Crippen molar-refractivity contribution in [2.75, 3.05) is 13.1 Å². The van der Waals surface area contributed by atoms with E-state index in [1.54, 1.807) is 0 Å². The van der Waals surface area contributed by atoms with Gasteiger partial charge in [-0.15, -0.1) is 0 Å². The highest BCUT2D eigenvalue weighted by molar-refractivity contribution is 4.95. The molecule has 0 aromatic carbocycles. The fourth-order valence-corrected chi connectivity index (χ4v) is 1.48. The molecular weight excluding hydrogens is 154 g/mol. The van der Waals surface area contributed by atoms with E-state index in [1.807, 2.05) is 0 Å². The third-order valence-electron chi connectivity index (χ3n) is 2.10. The van der Waals surface area contributed by atoms with E-state index in [0.29, 0.717) is 5.89 Å². The minimum Gasteiger partial charge on any atom is -0.339 e. The molecular formula is C8H13N3O. The van der Waals surface area contributed by atoms with Crippen molar-refractivity contribution >= 4 is 0 Å². The summed E-state index contributed by atoms with van der Waals surface area (Å²) in [5.74, 6) is 0.978. The van der Waals surface area contributed by atoms with Crippen molar-refractivity contribution in [1.29, 1.82) is 0 Å². The number of aromatic nitrogens is 2. The van der Waals surface area contributed by atoms with Gasteiger partial charge in [-0.3, -0.25) is 0 Å². The molecule has 1 aromatic heterocycles. The van der Waals surface area contributed by atoms with E-state index in [-0.39, 0.29) is 11.7 Å². The molecule has 1 aliphatic heterocycles. The molecule has 2 rings (SSSR count). The third kappa shape index (κ3) is 1.48. The lowest BCUT2D eigenvalue weighted by molar-refractivity contribution is 0.321. The Bertz CT molecular complexity index is 297. The van der Waals surface area contributed by atoms with E-state index in [2.05, 4.69) is 15.5 Å². The minimum atomic E-state index is -1.15. The molecule has 4 heteroatoms. The van der Waals surface area contributed by atoms with Gasteiger partial charge in [0, 0.05) is 9.29 Å². The van der Waals surface area contributed by atoms with Crippen LogP contribution in [0.25, 0.3) is 0 Å². The van der Waals surface area contributed by atoms with Crippen LogP contribution < -0.4 is 5.32 Å². The Morgan fingerprint density at radius 1 is 1.75 bits per heavy atom. The first kappa shape index (κ1) is 5.70. The van der Waals surface area contributed by atoms with Crippen LogP contribution in [0, 0.1) is 6.88 Å². The van der Waals surface area contributed by atoms with E-state index in [4.69, 9.17) is 7.26 Å². The maximum Gasteiger partial charge on any atom is 0.231 e. The molecule has 1 aromatic rings. The maximum atomic E-state index is 7.11. The highest BCUT2D eigenvalue weighted by atomic mass is 16.5. The molecule has 1 aliphatic rings. The maximum absolute atomic E-state index is 7.11. The number of hydrogen-bond acceptors (Lipinski definition) is 4. The number of hydrogen-bond donors (Lipinski definition) is 1. The summed E-state index contributed by atoms with van der Waals surface area (Å²) in [6.07, 6.45) is 2.14. The van der Waals surface area contributed by atoms with Gasteiger partial charge in [-0.1, -0.05) is 5.16 Å². The van der Waals surface area contributed by atoms with Gasteiger partial charge in [0.15, 0.2) is 5.82 Å². The van der Waals surface area contributed by atoms with Crippen LogP contribution in [0.2, 0.25) is 0 Å². The summed E-state index contributed by atoms with van der Waals surface area (Å²) in [6.45, 7) is 0.739. The number of nitrogens with one attached hydrogen (secondary N) is 1. The molecule has 0 aliphatic carbocycles. The van der Waals surface area contributed by atoms with Gasteiger partial charge in [0.2, 0.25) is 5.89 Å². The highest BCUT2D eigenvalue weighted by Crippen LogP contribution is 2.20. The first-order chi connectivity index (χ1) is 6.77. The van der Waals surface area contributed by atoms with Crippen LogP contribution in [-0.2, 0) is 0 Å². The molecule has 2 heterocycles. The normalized spacial score (nSPS) is 26.9. The average Bonchev–Trinajstić information content (AvgIpc) is 2.68. The van der Waals surface area contributed by atoms with E-state index < -0.39 is 6.88 Å². The first-order valence-electron chi connectivity index (χ1n) is 5.31. The van der Waals surface area contributed by atoms with Crippen molar-refractivity contribution in [2.24, 2.45) is 0 Å². The molecule has 1 unspecified atom stereocenters. The molecule has 4 nitrogen and oxygen atoms in total. The quantitative estimate of drug-likeness (QED) is 0.677. The second kappa shape index (κ2) is 3.23. The molecule has 0 spiro atoms. The van der Waals surface area contributed by atoms with Crippen LogP contribution in [0.15, 0.2) is 4.52 Å². The zero-order chi connectivity index (χ0) is 9.97. The zero-order valence-electron chi connectivity index (χ0n) is 8.79. The van der Waals surface area contributed by atoms with Gasteiger partial charge in [0.1, 0.15) is 0 Å². The average molecular weight is 169 g/mol. The number of nitrogens with zero attached hydrogens (tertiary/aromatic N) is 2. The van der Waals surface area contributed by atoms with Crippen molar-refractivity contribution in [1.82, 2.24) is 15.5 Å². The van der Waals surface area contributed by atoms with Crippen LogP contribution in [0.4, 0.5) is 0 Å². The lowest BCUT2D eigenvalue weighted by atomic mass is 10.00. The fourth-order valence-electron chi connectivity index (χ4n) is 1.48. The van der Waals surface area contributed by atoms with Crippen molar-refractivity contribution < 1.29 is 7.26 Å². The summed E-state index contributed by atoms with van der Waals surface area (Å²) < 4.78 is 19.2. The predicted octanol–water partition coefficient (Wildman–Crippen LogP) is 0.845. The van der Waals surface area contributed by atoms with Crippen LogP contribution in [0.5, 0.6) is 0 Å². The van der Waals surface area contributed by atoms with Gasteiger partial charge in [0.05, 0.1) is 5.92 Å². The Morgan fingerprint density at radius 3 is 3.42 bits per heavy atom. The standard InChI is InChI=1S/C8H13N3O/c1-6-10-8(12-11-6)7-3-2-4-9-5-7/h7,9H,2-5H2,1H3/i1D2. The van der Waals surface area contributed by atoms with E-state index in [9.17, 15) is 0 Å². The smallest absolute Gasteiger partial charge is 0.231 e. The Balaban J connectivity index is 2.07. The van der Waals surface area contributed by atoms with Crippen molar-refractivity contribution in [3.05, 3.63) is 11.7 Å². The number of piperidine rings is 1. The van der Waals surface area contributed by atoms with E-state index in [1.165, 1.54) is 0 Å². The van der Waals surface area contributed by atoms with Crippen LogP contribution in [0.3, 0.4) is 0 Å². The van der Waals surface area contributed by atoms with Gasteiger partial charge >= 0.3 is 0 Å². The minimum absolute atomic E-state index is 0.158. The van der Waals surface area contributed by atoms with Gasteiger partial charge < -0.3 is 9.84 Å². The summed E-state index contributed by atoms with van der Waals surface area (Å²) in [4.78, 5) is 4.04. The van der Waals surface area contributed by atoms with Crippen molar-refractivity contribution in [2.45, 2.75) is 25.6 Å². The lowest BCUT2D eigenvalue weighted by Crippen LogP contribution is -2.28. The van der Waals surface area contributed by atoms with Crippen molar-refractivity contribution in [3.8, 4) is 0 Å². The molecule has 0 saturated carbocycles. The summed E-state index contributed by atoms with van der Waals surface area (Å²) >= 11 is 0. The van der Waals surface area contributed by atoms with Crippen LogP contribution in [0.1, 0.15) is 33.2 Å². The Labute approximate surface area is 74.2 Å². The molecule has 1 atom stereocenters. The number of rotatable bonds is 1. The molecule has 1 N–H and O–H groups in total. The number of aryl methyl sites for hydroxylation is 1. The Hall–Kier alpha value is -0.900. The topological polar surface area (TPSA) is 51.0 Å². The molecule has 0 radical (unpaired) electrons. The van der Waals surface area contributed by atoms with Gasteiger partial charge in [-0.25, -0.2) is 0 Å². The molecule has 1 fully saturated rings. The first-order valence-corrected chi connectivity index (χ1v) is 4.16. The second-order valence-corrected chi connectivity index (χ2v) is 3.03. The Morgan fingerprint density at radius 2 is 2.75 bits per heavy atom. The van der Waals surface area contributed by atoms with Crippen LogP contribution in [-0.4, -0.2) is 23.2 Å². The molecule has 66 valence electrons. The highest BCUT2D eigenvalue weighted by Gasteiger charge is 2.20. The SMILES string of the molecule is [2H]C([2H])c1noc(C2CCCNC2)n1. The fraction of sp³-hybridized carbons (Fsp3) is 0.750. The lowest BCUT2D eigenvalue weighted by Gasteiger charge is -2.18. The third-order valence-corrected chi connectivity index (χ3v) is 2.10. The molecule has 1 saturated heterocycles. The summed E-state index contributed by atoms with van der Waals surface area (Å²) in [5.41, 5.74) is 0. The summed E-state index contributed by atoms with van der Waals surface area (Å²) in [6, 6.07) is 0. The van der Waals surface area contributed by atoms with Gasteiger partial charge in [-0.05, 0) is 26.3 Å². The molecule has 12 heavy (non-hydrogen) atoms. The zero-order valence-corrected chi connectivity index (χ0v) is 6.79. The summed E-state index contributed by atoms with van der Waals surface area (Å²) in [5, 5.41) is 6.85. The molecule has 0 amide bonds. The van der Waals surface area contributed by atoms with Crippen LogP contribution >= 0.6 is 0 Å². The molecule has 0 bridgehead atoms. The van der Waals surface area contributed by atoms with Gasteiger partial charge in [0.25, 0.3) is 0 Å². The second-order valence-electron chi connectivity index (χ2n) is 3.03. The predicted molar refractivity (Wildman–Crippen MR) is 43.9 cm³/mol.